The highest BCUT2D eigenvalue weighted by molar-refractivity contribution is 6.96. The maximum absolute atomic E-state index is 4.66. The Morgan fingerprint density at radius 3 is 0.445 bits per heavy atom. The minimum absolute atomic E-state index is 0.471. The van der Waals surface area contributed by atoms with E-state index in [-0.39, 0.29) is 0 Å². The van der Waals surface area contributed by atoms with Crippen LogP contribution in [-0.2, 0) is 0 Å². The summed E-state index contributed by atoms with van der Waals surface area (Å²) < 4.78 is 0. The molecule has 0 aromatic heterocycles. The van der Waals surface area contributed by atoms with Crippen molar-refractivity contribution in [2.24, 2.45) is 0 Å². The molecular weight excluding hydrogens is 1850 g/mol. The van der Waals surface area contributed by atoms with Crippen molar-refractivity contribution in [3.05, 3.63) is 275 Å². The van der Waals surface area contributed by atoms with E-state index in [9.17, 15) is 0 Å². The zero-order chi connectivity index (χ0) is 104. The molecule has 0 N–H and O–H groups in total. The predicted octanol–water partition coefficient (Wildman–Crippen LogP) is 41.9. The molecule has 15 aromatic carbocycles. The van der Waals surface area contributed by atoms with Crippen LogP contribution in [0.25, 0.3) is 129 Å². The van der Waals surface area contributed by atoms with Gasteiger partial charge >= 0.3 is 0 Å². The Hall–Kier alpha value is -10.4. The monoisotopic (exact) mass is 2020 g/mol. The van der Waals surface area contributed by atoms with Gasteiger partial charge in [-0.25, -0.2) is 0 Å². The average molecular weight is 2020 g/mol. The highest BCUT2D eigenvalue weighted by atomic mass is 28.3. The number of hydrogen-bond acceptors (Lipinski definition) is 0. The standard InChI is InChI=1S/C48H58Si2.2C46H54Si2/c1-33(2)49(34(3)4,41-21-13-14-22-41)27-25-43-45-29-37-17-9-11-19-39(37)31-47(45)44(48-32-40-20-12-10-18-38(40)30-46(43)48)26-28-50(35(5)6,36(7)8)42-23-15-16-24-42;1-31(2)47(32(3)4,39-19-13-20-39)25-23-41-43-27-35-15-9-11-17-37(35)29-45(43)42(46-30-38-18-12-10-16-36(38)28-44(41)46)24-26-48(33(5)6,34(7)8)40-21-14-22-40;1-13-35(11)47(31(3)4,32(5)6)25-23-41-43-27-37-19-15-17-21-39(37)29-45(43)42(24-26-48(33(7)8,34(9)10)36(12)14-2)46-30-40-22-18-16-20-38(40)28-44(41)46/h9-12,17-20,29-36,41-42H,13-16,21-24H2,1-8H3;9-12,15-18,27-34,39-40H,13-14,19-22H2,1-8H3;15-22,27-34H,11-14H2,1-10H3. The molecule has 19 rings (SSSR count). The van der Waals surface area contributed by atoms with Crippen LogP contribution in [0.4, 0.5) is 0 Å². The molecule has 0 radical (unpaired) electrons. The Bertz CT molecular complexity index is 7150. The summed E-state index contributed by atoms with van der Waals surface area (Å²) in [7, 11) is -12.1. The van der Waals surface area contributed by atoms with E-state index >= 15 is 0 Å². The average Bonchev–Trinajstić information content (AvgIpc) is 0.815. The second-order valence-electron chi connectivity index (χ2n) is 48.7. The van der Waals surface area contributed by atoms with E-state index in [0.29, 0.717) is 66.5 Å². The van der Waals surface area contributed by atoms with Gasteiger partial charge in [-0.2, -0.15) is 0 Å². The van der Waals surface area contributed by atoms with Gasteiger partial charge in [-0.15, -0.1) is 46.4 Å². The third kappa shape index (κ3) is 19.2. The van der Waals surface area contributed by atoms with Gasteiger partial charge in [0.15, 0.2) is 16.1 Å². The summed E-state index contributed by atoms with van der Waals surface area (Å²) in [4.78, 5) is 0. The number of allylic oxidation sites excluding steroid dienone is 2. The summed E-state index contributed by atoms with van der Waals surface area (Å²) in [6, 6.07) is 82.0. The minimum atomic E-state index is -2.20. The van der Waals surface area contributed by atoms with Crippen LogP contribution in [0.3, 0.4) is 0 Å². The first kappa shape index (κ1) is 107. The van der Waals surface area contributed by atoms with Crippen LogP contribution in [-0.4, -0.2) is 48.4 Å². The van der Waals surface area contributed by atoms with Crippen molar-refractivity contribution < 1.29 is 0 Å². The minimum Gasteiger partial charge on any atom is -0.125 e. The van der Waals surface area contributed by atoms with Crippen LogP contribution in [0.5, 0.6) is 0 Å². The molecule has 0 heterocycles. The van der Waals surface area contributed by atoms with Crippen molar-refractivity contribution in [3.63, 3.8) is 0 Å². The van der Waals surface area contributed by atoms with Gasteiger partial charge in [0.1, 0.15) is 32.3 Å². The SMILES string of the molecule is C=C(CC)[Si](C#Cc1c2cc3ccccc3cc2c(C#C[Si](C(=C)CC)(C(C)C)C(C)C)c2cc3ccccc3cc12)(C(C)C)C(C)C.CC(C)[Si](C#Cc1c2cc3ccccc3cc2c(C#C[Si](C(C)C)(C(C)C)C2CCC2)c2cc3ccccc3cc12)(C(C)C)C1CCC1.CC(C)[Si](C#Cc1c2cc3ccccc3cc2c(C#C[Si](C(C)C)(C(C)C)C2CCCC2)c2cc3ccccc3cc12)(C(C)C)C1CCCC1. The molecule has 0 unspecified atom stereocenters. The molecule has 4 fully saturated rings. The zero-order valence-corrected chi connectivity index (χ0v) is 99.8. The van der Waals surface area contributed by atoms with Gasteiger partial charge < -0.3 is 0 Å². The molecule has 750 valence electrons. The van der Waals surface area contributed by atoms with E-state index in [4.69, 9.17) is 0 Å². The number of hydrogen-bond donors (Lipinski definition) is 0. The lowest BCUT2D eigenvalue weighted by Crippen LogP contribution is -2.47. The largest absolute Gasteiger partial charge is 0.169 e. The molecule has 146 heavy (non-hydrogen) atoms. The van der Waals surface area contributed by atoms with E-state index in [1.807, 2.05) is 0 Å². The molecule has 0 nitrogen and oxygen atoms in total. The summed E-state index contributed by atoms with van der Waals surface area (Å²) in [5, 5.41) is 32.9. The van der Waals surface area contributed by atoms with Gasteiger partial charge in [-0.1, -0.05) is 461 Å². The first-order valence-electron chi connectivity index (χ1n) is 57.0. The van der Waals surface area contributed by atoms with Crippen molar-refractivity contribution in [2.75, 3.05) is 0 Å². The first-order valence-corrected chi connectivity index (χ1v) is 70.2. The van der Waals surface area contributed by atoms with Gasteiger partial charge in [0, 0.05) is 33.4 Å². The lowest BCUT2D eigenvalue weighted by Gasteiger charge is -2.45. The quantitative estimate of drug-likeness (QED) is 0.0405. The van der Waals surface area contributed by atoms with Crippen LogP contribution >= 0.6 is 0 Å². The third-order valence-corrected chi connectivity index (χ3v) is 74.5. The molecule has 0 atom stereocenters. The van der Waals surface area contributed by atoms with Crippen LogP contribution in [0.2, 0.25) is 88.7 Å². The van der Waals surface area contributed by atoms with Gasteiger partial charge in [0.05, 0.1) is 0 Å². The van der Waals surface area contributed by atoms with Gasteiger partial charge in [-0.05, 0) is 304 Å². The van der Waals surface area contributed by atoms with E-state index in [2.05, 4.69) is 480 Å². The molecule has 4 saturated carbocycles. The number of rotatable bonds is 20. The zero-order valence-electron chi connectivity index (χ0n) is 93.8. The summed E-state index contributed by atoms with van der Waals surface area (Å²) in [6.45, 7) is 72.3. The molecule has 0 saturated heterocycles. The lowest BCUT2D eigenvalue weighted by atomic mass is 9.89. The highest BCUT2D eigenvalue weighted by Crippen LogP contribution is 2.57. The molecule has 15 aromatic rings. The summed E-state index contributed by atoms with van der Waals surface area (Å²) >= 11 is 0. The van der Waals surface area contributed by atoms with Gasteiger partial charge in [0.2, 0.25) is 0 Å². The predicted molar refractivity (Wildman–Crippen MR) is 665 cm³/mol. The topological polar surface area (TPSA) is 0 Å². The molecule has 0 spiro atoms. The van der Waals surface area contributed by atoms with Crippen molar-refractivity contribution in [1.82, 2.24) is 0 Å². The second kappa shape index (κ2) is 44.0. The Kier molecular flexibility index (Phi) is 32.2. The Labute approximate surface area is 886 Å². The molecule has 6 heteroatoms. The Balaban J connectivity index is 0.000000150. The number of benzene rings is 15. The molecule has 0 bridgehead atoms. The molecule has 4 aliphatic rings. The maximum atomic E-state index is 4.66. The van der Waals surface area contributed by atoms with E-state index in [0.717, 1.165) is 46.1 Å². The smallest absolute Gasteiger partial charge is 0.125 e. The fourth-order valence-corrected chi connectivity index (χ4v) is 61.6. The Morgan fingerprint density at radius 1 is 0.205 bits per heavy atom. The normalized spacial score (nSPS) is 14.9. The third-order valence-electron chi connectivity index (χ3n) is 37.9. The van der Waals surface area contributed by atoms with Crippen LogP contribution in [0, 0.1) is 68.8 Å². The molecule has 0 aliphatic heterocycles. The fourth-order valence-electron chi connectivity index (χ4n) is 29.5. The fraction of sp³-hybridized carbons (Fsp3) is 0.414. The summed E-state index contributed by atoms with van der Waals surface area (Å²) in [5.74, 6) is 24.2. The highest BCUT2D eigenvalue weighted by Gasteiger charge is 2.52. The summed E-state index contributed by atoms with van der Waals surface area (Å²) in [5.41, 5.74) is 42.4. The van der Waals surface area contributed by atoms with Crippen LogP contribution in [0.1, 0.15) is 316 Å². The van der Waals surface area contributed by atoms with Crippen molar-refractivity contribution in [3.8, 4) is 68.8 Å². The number of fused-ring (bicyclic) bond motifs is 12. The van der Waals surface area contributed by atoms with E-state index in [1.165, 1.54) is 252 Å². The maximum Gasteiger partial charge on any atom is 0.169 e. The van der Waals surface area contributed by atoms with Gasteiger partial charge in [0.25, 0.3) is 0 Å². The molecule has 0 amide bonds. The summed E-state index contributed by atoms with van der Waals surface area (Å²) in [6.07, 6.45) is 21.1. The Morgan fingerprint density at radius 2 is 0.336 bits per heavy atom. The van der Waals surface area contributed by atoms with E-state index < -0.39 is 48.4 Å². The molecular formula is C140H166Si6. The first-order chi connectivity index (χ1) is 70.0. The van der Waals surface area contributed by atoms with Gasteiger partial charge in [-0.3, -0.25) is 0 Å². The van der Waals surface area contributed by atoms with Crippen molar-refractivity contribution in [2.45, 2.75) is 371 Å². The second-order valence-corrected chi connectivity index (χ2v) is 79.7. The lowest BCUT2D eigenvalue weighted by molar-refractivity contribution is 0.476. The van der Waals surface area contributed by atoms with Crippen LogP contribution in [0.15, 0.2) is 242 Å². The van der Waals surface area contributed by atoms with Crippen LogP contribution < -0.4 is 0 Å². The van der Waals surface area contributed by atoms with E-state index in [1.54, 1.807) is 0 Å². The molecule has 4 aliphatic carbocycles. The van der Waals surface area contributed by atoms with Crippen molar-refractivity contribution in [1.29, 1.82) is 0 Å². The van der Waals surface area contributed by atoms with Crippen molar-refractivity contribution >= 4 is 178 Å².